The van der Waals surface area contributed by atoms with Crippen molar-refractivity contribution in [2.75, 3.05) is 6.61 Å². The zero-order chi connectivity index (χ0) is 13.3. The van der Waals surface area contributed by atoms with Gasteiger partial charge >= 0.3 is 0 Å². The number of rotatable bonds is 8. The first kappa shape index (κ1) is 13.8. The van der Waals surface area contributed by atoms with Gasteiger partial charge < -0.3 is 4.74 Å². The molecule has 3 heteroatoms. The largest absolute Gasteiger partial charge is 0.477 e. The van der Waals surface area contributed by atoms with Crippen LogP contribution in [0.5, 0.6) is 5.88 Å². The van der Waals surface area contributed by atoms with Crippen molar-refractivity contribution in [3.8, 4) is 5.88 Å². The highest BCUT2D eigenvalue weighted by Gasteiger charge is 1.99. The number of nitrogens with zero attached hydrogens (tertiary/aromatic N) is 2. The van der Waals surface area contributed by atoms with Crippen molar-refractivity contribution in [2.45, 2.75) is 45.4 Å². The molecule has 0 N–H and O–H groups in total. The van der Waals surface area contributed by atoms with E-state index >= 15 is 0 Å². The average Bonchev–Trinajstić information content (AvgIpc) is 2.46. The van der Waals surface area contributed by atoms with E-state index in [1.54, 1.807) is 0 Å². The minimum absolute atomic E-state index is 0.632. The van der Waals surface area contributed by atoms with Crippen LogP contribution in [0.25, 0.3) is 10.9 Å². The van der Waals surface area contributed by atoms with Crippen LogP contribution in [-0.4, -0.2) is 16.8 Å². The van der Waals surface area contributed by atoms with Crippen molar-refractivity contribution in [1.82, 2.24) is 10.2 Å². The lowest BCUT2D eigenvalue weighted by molar-refractivity contribution is 0.291. The Morgan fingerprint density at radius 3 is 2.63 bits per heavy atom. The van der Waals surface area contributed by atoms with E-state index in [1.165, 1.54) is 32.1 Å². The zero-order valence-electron chi connectivity index (χ0n) is 11.6. The summed E-state index contributed by atoms with van der Waals surface area (Å²) in [4.78, 5) is 0. The Morgan fingerprint density at radius 2 is 1.74 bits per heavy atom. The van der Waals surface area contributed by atoms with Gasteiger partial charge in [-0.3, -0.25) is 0 Å². The highest BCUT2D eigenvalue weighted by atomic mass is 16.5. The lowest BCUT2D eigenvalue weighted by Crippen LogP contribution is -2.00. The first-order chi connectivity index (χ1) is 9.40. The highest BCUT2D eigenvalue weighted by Crippen LogP contribution is 2.15. The minimum Gasteiger partial charge on any atom is -0.477 e. The predicted octanol–water partition coefficient (Wildman–Crippen LogP) is 4.37. The van der Waals surface area contributed by atoms with Gasteiger partial charge in [0.2, 0.25) is 5.88 Å². The van der Waals surface area contributed by atoms with Crippen LogP contribution in [-0.2, 0) is 0 Å². The molecule has 2 rings (SSSR count). The van der Waals surface area contributed by atoms with E-state index in [1.807, 2.05) is 30.3 Å². The van der Waals surface area contributed by atoms with E-state index in [4.69, 9.17) is 4.74 Å². The molecule has 2 aromatic rings. The molecule has 0 aliphatic heterocycles. The lowest BCUT2D eigenvalue weighted by atomic mass is 10.1. The summed E-state index contributed by atoms with van der Waals surface area (Å²) >= 11 is 0. The minimum atomic E-state index is 0.632. The van der Waals surface area contributed by atoms with Gasteiger partial charge in [-0.05, 0) is 12.5 Å². The van der Waals surface area contributed by atoms with Crippen molar-refractivity contribution in [1.29, 1.82) is 0 Å². The standard InChI is InChI=1S/C16H22N2O/c1-2-3-4-5-6-9-12-19-16-13-14-10-7-8-11-15(14)17-18-16/h7-8,10-11,13H,2-6,9,12H2,1H3. The molecule has 3 nitrogen and oxygen atoms in total. The third kappa shape index (κ3) is 4.51. The molecular weight excluding hydrogens is 236 g/mol. The number of hydrogen-bond acceptors (Lipinski definition) is 3. The highest BCUT2D eigenvalue weighted by molar-refractivity contribution is 5.78. The van der Waals surface area contributed by atoms with Gasteiger partial charge in [-0.25, -0.2) is 0 Å². The summed E-state index contributed by atoms with van der Waals surface area (Å²) in [6.45, 7) is 2.97. The van der Waals surface area contributed by atoms with Crippen LogP contribution in [0.3, 0.4) is 0 Å². The van der Waals surface area contributed by atoms with Crippen molar-refractivity contribution in [3.05, 3.63) is 30.3 Å². The molecule has 102 valence electrons. The van der Waals surface area contributed by atoms with Crippen LogP contribution in [0.2, 0.25) is 0 Å². The van der Waals surface area contributed by atoms with E-state index < -0.39 is 0 Å². The van der Waals surface area contributed by atoms with Crippen molar-refractivity contribution >= 4 is 10.9 Å². The molecule has 0 aliphatic carbocycles. The van der Waals surface area contributed by atoms with E-state index in [0.29, 0.717) is 5.88 Å². The molecule has 0 saturated carbocycles. The lowest BCUT2D eigenvalue weighted by Gasteiger charge is -2.05. The molecule has 19 heavy (non-hydrogen) atoms. The average molecular weight is 258 g/mol. The van der Waals surface area contributed by atoms with Crippen molar-refractivity contribution in [3.63, 3.8) is 0 Å². The molecule has 0 radical (unpaired) electrons. The summed E-state index contributed by atoms with van der Waals surface area (Å²) in [5.74, 6) is 0.632. The first-order valence-corrected chi connectivity index (χ1v) is 7.25. The fourth-order valence-corrected chi connectivity index (χ4v) is 2.10. The Balaban J connectivity index is 1.72. The maximum Gasteiger partial charge on any atom is 0.234 e. The quantitative estimate of drug-likeness (QED) is 0.659. The number of fused-ring (bicyclic) bond motifs is 1. The van der Waals surface area contributed by atoms with Crippen LogP contribution in [0, 0.1) is 0 Å². The molecule has 1 aromatic carbocycles. The molecular formula is C16H22N2O. The predicted molar refractivity (Wildman–Crippen MR) is 78.4 cm³/mol. The van der Waals surface area contributed by atoms with Crippen LogP contribution in [0.15, 0.2) is 30.3 Å². The molecule has 0 atom stereocenters. The van der Waals surface area contributed by atoms with Crippen LogP contribution < -0.4 is 4.74 Å². The van der Waals surface area contributed by atoms with Gasteiger partial charge in [0, 0.05) is 11.5 Å². The Kier molecular flexibility index (Phi) is 5.60. The van der Waals surface area contributed by atoms with Gasteiger partial charge in [0.15, 0.2) is 0 Å². The number of unbranched alkanes of at least 4 members (excludes halogenated alkanes) is 5. The van der Waals surface area contributed by atoms with Crippen molar-refractivity contribution in [2.24, 2.45) is 0 Å². The summed E-state index contributed by atoms with van der Waals surface area (Å²) in [5.41, 5.74) is 0.911. The normalized spacial score (nSPS) is 10.8. The maximum absolute atomic E-state index is 5.65. The Morgan fingerprint density at radius 1 is 0.947 bits per heavy atom. The molecule has 0 amide bonds. The zero-order valence-corrected chi connectivity index (χ0v) is 11.6. The number of aromatic nitrogens is 2. The summed E-state index contributed by atoms with van der Waals surface area (Å²) in [6.07, 6.45) is 7.62. The molecule has 0 unspecified atom stereocenters. The molecule has 0 fully saturated rings. The van der Waals surface area contributed by atoms with Gasteiger partial charge in [0.05, 0.1) is 12.1 Å². The third-order valence-corrected chi connectivity index (χ3v) is 3.22. The monoisotopic (exact) mass is 258 g/mol. The van der Waals surface area contributed by atoms with Crippen LogP contribution in [0.1, 0.15) is 45.4 Å². The second kappa shape index (κ2) is 7.72. The number of ether oxygens (including phenoxy) is 1. The molecule has 1 aromatic heterocycles. The van der Waals surface area contributed by atoms with Gasteiger partial charge in [0.1, 0.15) is 0 Å². The molecule has 0 spiro atoms. The van der Waals surface area contributed by atoms with Gasteiger partial charge in [-0.15, -0.1) is 10.2 Å². The molecule has 0 aliphatic rings. The molecule has 1 heterocycles. The first-order valence-electron chi connectivity index (χ1n) is 7.25. The maximum atomic E-state index is 5.65. The Labute approximate surface area is 115 Å². The topological polar surface area (TPSA) is 35.0 Å². The van der Waals surface area contributed by atoms with Gasteiger partial charge in [0.25, 0.3) is 0 Å². The second-order valence-electron chi connectivity index (χ2n) is 4.86. The SMILES string of the molecule is CCCCCCCCOc1cc2ccccc2nn1. The van der Waals surface area contributed by atoms with Gasteiger partial charge in [-0.1, -0.05) is 57.2 Å². The fourth-order valence-electron chi connectivity index (χ4n) is 2.10. The summed E-state index contributed by atoms with van der Waals surface area (Å²) in [7, 11) is 0. The Hall–Kier alpha value is -1.64. The molecule has 0 bridgehead atoms. The second-order valence-corrected chi connectivity index (χ2v) is 4.86. The number of hydrogen-bond donors (Lipinski definition) is 0. The molecule has 0 saturated heterocycles. The van der Waals surface area contributed by atoms with E-state index in [0.717, 1.165) is 23.9 Å². The van der Waals surface area contributed by atoms with E-state index in [2.05, 4.69) is 17.1 Å². The summed E-state index contributed by atoms with van der Waals surface area (Å²) < 4.78 is 5.65. The smallest absolute Gasteiger partial charge is 0.234 e. The van der Waals surface area contributed by atoms with Gasteiger partial charge in [-0.2, -0.15) is 0 Å². The van der Waals surface area contributed by atoms with Crippen molar-refractivity contribution < 1.29 is 4.74 Å². The number of benzene rings is 1. The Bertz CT molecular complexity index is 499. The third-order valence-electron chi connectivity index (χ3n) is 3.22. The fraction of sp³-hybridized carbons (Fsp3) is 0.500. The van der Waals surface area contributed by atoms with E-state index in [-0.39, 0.29) is 0 Å². The summed E-state index contributed by atoms with van der Waals surface area (Å²) in [5, 5.41) is 9.31. The van der Waals surface area contributed by atoms with Crippen LogP contribution >= 0.6 is 0 Å². The van der Waals surface area contributed by atoms with E-state index in [9.17, 15) is 0 Å². The van der Waals surface area contributed by atoms with Crippen LogP contribution in [0.4, 0.5) is 0 Å². The summed E-state index contributed by atoms with van der Waals surface area (Å²) in [6, 6.07) is 9.91.